The van der Waals surface area contributed by atoms with Crippen LogP contribution in [0.5, 0.6) is 0 Å². The highest BCUT2D eigenvalue weighted by molar-refractivity contribution is 6.30. The Hall–Kier alpha value is -2.53. The lowest BCUT2D eigenvalue weighted by atomic mass is 9.96. The summed E-state index contributed by atoms with van der Waals surface area (Å²) in [6.07, 6.45) is 3.88. The Morgan fingerprint density at radius 1 is 0.929 bits per heavy atom. The van der Waals surface area contributed by atoms with Gasteiger partial charge in [-0.3, -0.25) is 4.79 Å². The lowest BCUT2D eigenvalue weighted by molar-refractivity contribution is -0.127. The molecule has 0 unspecified atom stereocenters. The smallest absolute Gasteiger partial charge is 0.315 e. The number of carbonyl (C=O) groups excluding carboxylic acids is 2. The molecule has 0 heterocycles. The van der Waals surface area contributed by atoms with E-state index in [9.17, 15) is 9.59 Å². The molecule has 3 amide bonds. The molecule has 0 radical (unpaired) electrons. The quantitative estimate of drug-likeness (QED) is 0.662. The minimum Gasteiger partial charge on any atom is -0.354 e. The van der Waals surface area contributed by atoms with E-state index in [1.165, 1.54) is 0 Å². The molecule has 28 heavy (non-hydrogen) atoms. The maximum absolute atomic E-state index is 12.9. The summed E-state index contributed by atoms with van der Waals surface area (Å²) in [5.74, 6) is -0.109. The van der Waals surface area contributed by atoms with Crippen LogP contribution in [0.2, 0.25) is 5.02 Å². The van der Waals surface area contributed by atoms with Gasteiger partial charge in [0.05, 0.1) is 0 Å². The summed E-state index contributed by atoms with van der Waals surface area (Å²) in [7, 11) is 0. The minimum atomic E-state index is -0.824. The van der Waals surface area contributed by atoms with Gasteiger partial charge in [-0.2, -0.15) is 0 Å². The van der Waals surface area contributed by atoms with Crippen molar-refractivity contribution < 1.29 is 9.59 Å². The van der Waals surface area contributed by atoms with Crippen molar-refractivity contribution in [3.05, 3.63) is 70.7 Å². The largest absolute Gasteiger partial charge is 0.354 e. The van der Waals surface area contributed by atoms with Gasteiger partial charge >= 0.3 is 6.03 Å². The Morgan fingerprint density at radius 2 is 1.64 bits per heavy atom. The summed E-state index contributed by atoms with van der Waals surface area (Å²) in [6.45, 7) is 0.938. The van der Waals surface area contributed by atoms with Gasteiger partial charge in [0.15, 0.2) is 0 Å². The zero-order valence-corrected chi connectivity index (χ0v) is 16.6. The van der Waals surface area contributed by atoms with Gasteiger partial charge < -0.3 is 16.0 Å². The summed E-state index contributed by atoms with van der Waals surface area (Å²) in [5, 5.41) is 9.46. The van der Waals surface area contributed by atoms with Gasteiger partial charge in [0.1, 0.15) is 5.54 Å². The molecule has 6 heteroatoms. The molecular formula is C22H26ClN3O2. The first-order valence-electron chi connectivity index (χ1n) is 9.70. The monoisotopic (exact) mass is 399 g/mol. The van der Waals surface area contributed by atoms with Crippen LogP contribution in [-0.2, 0) is 17.8 Å². The van der Waals surface area contributed by atoms with E-state index in [2.05, 4.69) is 16.0 Å². The van der Waals surface area contributed by atoms with Crippen molar-refractivity contribution in [2.45, 2.75) is 44.2 Å². The van der Waals surface area contributed by atoms with Gasteiger partial charge in [0.2, 0.25) is 5.91 Å². The van der Waals surface area contributed by atoms with Crippen LogP contribution in [-0.4, -0.2) is 24.0 Å². The third-order valence-electron chi connectivity index (χ3n) is 5.13. The fraction of sp³-hybridized carbons (Fsp3) is 0.364. The van der Waals surface area contributed by atoms with Gasteiger partial charge in [-0.05, 0) is 42.5 Å². The number of urea groups is 1. The van der Waals surface area contributed by atoms with Crippen LogP contribution in [0.4, 0.5) is 4.79 Å². The molecule has 0 aliphatic heterocycles. The summed E-state index contributed by atoms with van der Waals surface area (Å²) in [6, 6.07) is 17.0. The van der Waals surface area contributed by atoms with Crippen LogP contribution in [0, 0.1) is 0 Å². The summed E-state index contributed by atoms with van der Waals surface area (Å²) < 4.78 is 0. The number of carbonyl (C=O) groups is 2. The molecule has 2 aromatic rings. The van der Waals surface area contributed by atoms with E-state index >= 15 is 0 Å². The maximum atomic E-state index is 12.9. The van der Waals surface area contributed by atoms with E-state index in [1.54, 1.807) is 0 Å². The lowest BCUT2D eigenvalue weighted by Crippen LogP contribution is -2.59. The number of hydrogen-bond donors (Lipinski definition) is 3. The second kappa shape index (κ2) is 9.60. The molecule has 1 fully saturated rings. The van der Waals surface area contributed by atoms with E-state index < -0.39 is 5.54 Å². The molecule has 0 aromatic heterocycles. The highest BCUT2D eigenvalue weighted by Crippen LogP contribution is 2.30. The number of benzene rings is 2. The fourth-order valence-electron chi connectivity index (χ4n) is 3.61. The topological polar surface area (TPSA) is 70.2 Å². The minimum absolute atomic E-state index is 0.109. The molecule has 0 bridgehead atoms. The molecule has 1 saturated carbocycles. The second-order valence-corrected chi connectivity index (χ2v) is 7.65. The maximum Gasteiger partial charge on any atom is 0.315 e. The van der Waals surface area contributed by atoms with E-state index in [0.29, 0.717) is 37.4 Å². The van der Waals surface area contributed by atoms with E-state index in [0.717, 1.165) is 24.0 Å². The average molecular weight is 400 g/mol. The standard InChI is InChI=1S/C22H26ClN3O2/c23-19-10-6-9-17(15-19)11-14-24-20(27)22(12-4-5-13-22)26-21(28)25-16-18-7-2-1-3-8-18/h1-3,6-10,15H,4-5,11-14,16H2,(H,24,27)(H2,25,26,28). The number of nitrogens with one attached hydrogen (secondary N) is 3. The summed E-state index contributed by atoms with van der Waals surface area (Å²) in [4.78, 5) is 25.3. The first-order valence-corrected chi connectivity index (χ1v) is 10.1. The third kappa shape index (κ3) is 5.49. The fourth-order valence-corrected chi connectivity index (χ4v) is 3.82. The summed E-state index contributed by atoms with van der Waals surface area (Å²) >= 11 is 6.00. The van der Waals surface area contributed by atoms with Crippen molar-refractivity contribution in [2.24, 2.45) is 0 Å². The van der Waals surface area contributed by atoms with Crippen molar-refractivity contribution in [3.63, 3.8) is 0 Å². The van der Waals surface area contributed by atoms with Crippen LogP contribution in [0.3, 0.4) is 0 Å². The number of rotatable bonds is 7. The molecule has 0 atom stereocenters. The molecule has 3 rings (SSSR count). The first kappa shape index (κ1) is 20.2. The molecule has 1 aliphatic carbocycles. The van der Waals surface area contributed by atoms with Crippen molar-refractivity contribution >= 4 is 23.5 Å². The van der Waals surface area contributed by atoms with Crippen molar-refractivity contribution in [3.8, 4) is 0 Å². The van der Waals surface area contributed by atoms with Crippen LogP contribution >= 0.6 is 11.6 Å². The number of amides is 3. The first-order chi connectivity index (χ1) is 13.6. The normalized spacial score (nSPS) is 15.0. The Bertz CT molecular complexity index is 804. The molecule has 0 saturated heterocycles. The Morgan fingerprint density at radius 3 is 2.36 bits per heavy atom. The molecule has 0 spiro atoms. The third-order valence-corrected chi connectivity index (χ3v) is 5.36. The van der Waals surface area contributed by atoms with E-state index in [4.69, 9.17) is 11.6 Å². The molecule has 5 nitrogen and oxygen atoms in total. The SMILES string of the molecule is O=C(NCc1ccccc1)NC1(C(=O)NCCc2cccc(Cl)c2)CCCC1. The van der Waals surface area contributed by atoms with Gasteiger partial charge in [-0.25, -0.2) is 4.79 Å². The van der Waals surface area contributed by atoms with Crippen molar-refractivity contribution in [2.75, 3.05) is 6.54 Å². The average Bonchev–Trinajstić information content (AvgIpc) is 3.17. The van der Waals surface area contributed by atoms with Crippen LogP contribution in [0.1, 0.15) is 36.8 Å². The summed E-state index contributed by atoms with van der Waals surface area (Å²) in [5.41, 5.74) is 1.26. The lowest BCUT2D eigenvalue weighted by Gasteiger charge is -2.29. The zero-order chi connectivity index (χ0) is 19.8. The molecule has 3 N–H and O–H groups in total. The van der Waals surface area contributed by atoms with Gasteiger partial charge in [-0.1, -0.05) is 66.9 Å². The van der Waals surface area contributed by atoms with E-state index in [1.807, 2.05) is 54.6 Å². The van der Waals surface area contributed by atoms with Crippen LogP contribution in [0.25, 0.3) is 0 Å². The molecule has 148 valence electrons. The molecular weight excluding hydrogens is 374 g/mol. The van der Waals surface area contributed by atoms with E-state index in [-0.39, 0.29) is 11.9 Å². The Kier molecular flexibility index (Phi) is 6.93. The molecule has 1 aliphatic rings. The van der Waals surface area contributed by atoms with Gasteiger partial charge in [-0.15, -0.1) is 0 Å². The van der Waals surface area contributed by atoms with Crippen molar-refractivity contribution in [1.82, 2.24) is 16.0 Å². The highest BCUT2D eigenvalue weighted by atomic mass is 35.5. The highest BCUT2D eigenvalue weighted by Gasteiger charge is 2.42. The zero-order valence-electron chi connectivity index (χ0n) is 15.8. The van der Waals surface area contributed by atoms with Crippen LogP contribution < -0.4 is 16.0 Å². The van der Waals surface area contributed by atoms with Crippen molar-refractivity contribution in [1.29, 1.82) is 0 Å². The van der Waals surface area contributed by atoms with Crippen LogP contribution in [0.15, 0.2) is 54.6 Å². The van der Waals surface area contributed by atoms with Gasteiger partial charge in [0.25, 0.3) is 0 Å². The number of halogens is 1. The molecule has 2 aromatic carbocycles. The second-order valence-electron chi connectivity index (χ2n) is 7.22. The predicted octanol–water partition coefficient (Wildman–Crippen LogP) is 3.81. The van der Waals surface area contributed by atoms with Gasteiger partial charge in [0, 0.05) is 18.1 Å². The number of hydrogen-bond acceptors (Lipinski definition) is 2. The predicted molar refractivity (Wildman–Crippen MR) is 111 cm³/mol. The Labute approximate surface area is 170 Å². The Balaban J connectivity index is 1.52.